The SMILES string of the molecule is CCN1C(=O)/C(=C\c2cc(OC)c(OC)cc2Br)C(=O)N(c2ccc(Cl)cc2)C1=S. The molecule has 0 atom stereocenters. The largest absolute Gasteiger partial charge is 0.493 e. The van der Waals surface area contributed by atoms with E-state index in [-0.39, 0.29) is 10.7 Å². The number of likely N-dealkylation sites (N-methyl/N-ethyl adjacent to an activating group) is 1. The topological polar surface area (TPSA) is 59.1 Å². The summed E-state index contributed by atoms with van der Waals surface area (Å²) in [4.78, 5) is 29.0. The molecular formula is C21H18BrClN2O4S. The Hall–Kier alpha value is -2.42. The molecule has 0 radical (unpaired) electrons. The van der Waals surface area contributed by atoms with Gasteiger partial charge in [0.05, 0.1) is 19.9 Å². The van der Waals surface area contributed by atoms with Crippen molar-refractivity contribution in [2.24, 2.45) is 0 Å². The molecule has 2 aromatic rings. The fraction of sp³-hybridized carbons (Fsp3) is 0.190. The highest BCUT2D eigenvalue weighted by molar-refractivity contribution is 9.10. The van der Waals surface area contributed by atoms with Gasteiger partial charge >= 0.3 is 0 Å². The molecule has 1 aliphatic rings. The molecule has 1 saturated heterocycles. The van der Waals surface area contributed by atoms with Crippen molar-refractivity contribution in [2.45, 2.75) is 6.92 Å². The lowest BCUT2D eigenvalue weighted by atomic mass is 10.1. The molecular weight excluding hydrogens is 492 g/mol. The highest BCUT2D eigenvalue weighted by atomic mass is 79.9. The number of methoxy groups -OCH3 is 2. The monoisotopic (exact) mass is 508 g/mol. The van der Waals surface area contributed by atoms with Crippen molar-refractivity contribution in [3.05, 3.63) is 57.0 Å². The second kappa shape index (κ2) is 9.16. The highest BCUT2D eigenvalue weighted by Gasteiger charge is 2.39. The quantitative estimate of drug-likeness (QED) is 0.333. The third-order valence-electron chi connectivity index (χ3n) is 4.54. The molecule has 3 rings (SSSR count). The number of rotatable bonds is 5. The Morgan fingerprint density at radius 1 is 1.07 bits per heavy atom. The zero-order valence-electron chi connectivity index (χ0n) is 16.4. The van der Waals surface area contributed by atoms with Crippen molar-refractivity contribution in [3.63, 3.8) is 0 Å². The van der Waals surface area contributed by atoms with Crippen molar-refractivity contribution in [3.8, 4) is 11.5 Å². The Bertz CT molecular complexity index is 1060. The third kappa shape index (κ3) is 4.08. The molecule has 6 nitrogen and oxygen atoms in total. The van der Waals surface area contributed by atoms with Gasteiger partial charge in [-0.1, -0.05) is 27.5 Å². The zero-order valence-corrected chi connectivity index (χ0v) is 19.6. The normalized spacial score (nSPS) is 15.8. The van der Waals surface area contributed by atoms with E-state index < -0.39 is 11.8 Å². The summed E-state index contributed by atoms with van der Waals surface area (Å²) in [5.74, 6) is 0.0192. The Kier molecular flexibility index (Phi) is 6.80. The minimum Gasteiger partial charge on any atom is -0.493 e. The van der Waals surface area contributed by atoms with Crippen molar-refractivity contribution < 1.29 is 19.1 Å². The van der Waals surface area contributed by atoms with Crippen LogP contribution < -0.4 is 14.4 Å². The summed E-state index contributed by atoms with van der Waals surface area (Å²) in [6.07, 6.45) is 1.52. The van der Waals surface area contributed by atoms with Crippen LogP contribution in [0.15, 0.2) is 46.4 Å². The molecule has 0 aliphatic carbocycles. The first-order valence-corrected chi connectivity index (χ1v) is 10.5. The Labute approximate surface area is 193 Å². The number of carbonyl (C=O) groups is 2. The van der Waals surface area contributed by atoms with Crippen molar-refractivity contribution >= 4 is 68.4 Å². The fourth-order valence-electron chi connectivity index (χ4n) is 3.01. The number of thiocarbonyl (C=S) groups is 1. The lowest BCUT2D eigenvalue weighted by Crippen LogP contribution is -2.56. The molecule has 1 aliphatic heterocycles. The Morgan fingerprint density at radius 3 is 2.23 bits per heavy atom. The number of nitrogens with zero attached hydrogens (tertiary/aromatic N) is 2. The summed E-state index contributed by atoms with van der Waals surface area (Å²) >= 11 is 14.9. The maximum atomic E-state index is 13.3. The van der Waals surface area contributed by atoms with Gasteiger partial charge in [-0.05, 0) is 67.2 Å². The lowest BCUT2D eigenvalue weighted by molar-refractivity contribution is -0.127. The van der Waals surface area contributed by atoms with Crippen molar-refractivity contribution in [1.82, 2.24) is 4.90 Å². The molecule has 1 heterocycles. The van der Waals surface area contributed by atoms with Crippen LogP contribution in [0.4, 0.5) is 5.69 Å². The average molecular weight is 510 g/mol. The molecule has 0 saturated carbocycles. The van der Waals surface area contributed by atoms with E-state index >= 15 is 0 Å². The van der Waals surface area contributed by atoms with E-state index in [0.29, 0.717) is 38.8 Å². The van der Waals surface area contributed by atoms with Crippen LogP contribution in [0.25, 0.3) is 6.08 Å². The van der Waals surface area contributed by atoms with Crippen LogP contribution in [0, 0.1) is 0 Å². The summed E-state index contributed by atoms with van der Waals surface area (Å²) < 4.78 is 11.3. The van der Waals surface area contributed by atoms with Crippen LogP contribution in [0.2, 0.25) is 5.02 Å². The van der Waals surface area contributed by atoms with Gasteiger partial charge < -0.3 is 9.47 Å². The van der Waals surface area contributed by atoms with Gasteiger partial charge in [-0.25, -0.2) is 0 Å². The van der Waals surface area contributed by atoms with E-state index in [1.807, 2.05) is 0 Å². The molecule has 2 aromatic carbocycles. The van der Waals surface area contributed by atoms with Gasteiger partial charge in [-0.15, -0.1) is 0 Å². The number of benzene rings is 2. The number of hydrogen-bond donors (Lipinski definition) is 0. The number of hydrogen-bond acceptors (Lipinski definition) is 5. The summed E-state index contributed by atoms with van der Waals surface area (Å²) in [6.45, 7) is 2.11. The maximum Gasteiger partial charge on any atom is 0.270 e. The van der Waals surface area contributed by atoms with Gasteiger partial charge in [-0.3, -0.25) is 19.4 Å². The van der Waals surface area contributed by atoms with Crippen LogP contribution in [0.1, 0.15) is 12.5 Å². The van der Waals surface area contributed by atoms with Gasteiger partial charge in [-0.2, -0.15) is 0 Å². The molecule has 2 amide bonds. The van der Waals surface area contributed by atoms with Gasteiger partial charge in [0.1, 0.15) is 5.57 Å². The molecule has 0 spiro atoms. The Morgan fingerprint density at radius 2 is 1.67 bits per heavy atom. The summed E-state index contributed by atoms with van der Waals surface area (Å²) in [6, 6.07) is 10.1. The summed E-state index contributed by atoms with van der Waals surface area (Å²) in [5, 5.41) is 0.654. The lowest BCUT2D eigenvalue weighted by Gasteiger charge is -2.36. The molecule has 1 fully saturated rings. The first kappa shape index (κ1) is 22.3. The van der Waals surface area contributed by atoms with Gasteiger partial charge in [0.2, 0.25) is 0 Å². The third-order valence-corrected chi connectivity index (χ3v) is 5.88. The number of carbonyl (C=O) groups excluding carboxylic acids is 2. The standard InChI is InChI=1S/C21H18BrClN2O4S/c1-4-24-19(26)15(9-12-10-17(28-2)18(29-3)11-16(12)22)20(27)25(21(24)30)14-7-5-13(23)6-8-14/h5-11H,4H2,1-3H3/b15-9+. The number of halogens is 2. The average Bonchev–Trinajstić information content (AvgIpc) is 2.73. The van der Waals surface area contributed by atoms with Gasteiger partial charge in [0, 0.05) is 16.0 Å². The summed E-state index contributed by atoms with van der Waals surface area (Å²) in [7, 11) is 3.04. The van der Waals surface area contributed by atoms with Crippen LogP contribution in [-0.2, 0) is 9.59 Å². The predicted octanol–water partition coefficient (Wildman–Crippen LogP) is 4.68. The van der Waals surface area contributed by atoms with Gasteiger partial charge in [0.25, 0.3) is 11.8 Å². The van der Waals surface area contributed by atoms with Crippen molar-refractivity contribution in [1.29, 1.82) is 0 Å². The molecule has 30 heavy (non-hydrogen) atoms. The predicted molar refractivity (Wildman–Crippen MR) is 124 cm³/mol. The molecule has 0 unspecified atom stereocenters. The van der Waals surface area contributed by atoms with E-state index in [1.165, 1.54) is 30.1 Å². The number of anilines is 1. The number of amides is 2. The van der Waals surface area contributed by atoms with E-state index in [9.17, 15) is 9.59 Å². The van der Waals surface area contributed by atoms with Crippen molar-refractivity contribution in [2.75, 3.05) is 25.7 Å². The molecule has 0 aromatic heterocycles. The summed E-state index contributed by atoms with van der Waals surface area (Å²) in [5.41, 5.74) is 1.09. The van der Waals surface area contributed by atoms with E-state index in [4.69, 9.17) is 33.3 Å². The molecule has 0 bridgehead atoms. The molecule has 156 valence electrons. The van der Waals surface area contributed by atoms with E-state index in [0.717, 1.165) is 0 Å². The first-order chi connectivity index (χ1) is 14.3. The fourth-order valence-corrected chi connectivity index (χ4v) is 3.97. The molecule has 9 heteroatoms. The van der Waals surface area contributed by atoms with Gasteiger partial charge in [0.15, 0.2) is 16.6 Å². The van der Waals surface area contributed by atoms with Crippen LogP contribution in [0.3, 0.4) is 0 Å². The number of ether oxygens (including phenoxy) is 2. The minimum absolute atomic E-state index is 0.0201. The van der Waals surface area contributed by atoms with E-state index in [1.54, 1.807) is 43.3 Å². The molecule has 0 N–H and O–H groups in total. The smallest absolute Gasteiger partial charge is 0.270 e. The van der Waals surface area contributed by atoms with Crippen LogP contribution in [-0.4, -0.2) is 42.6 Å². The van der Waals surface area contributed by atoms with Crippen LogP contribution >= 0.6 is 39.7 Å². The van der Waals surface area contributed by atoms with Crippen LogP contribution in [0.5, 0.6) is 11.5 Å². The first-order valence-electron chi connectivity index (χ1n) is 8.91. The Balaban J connectivity index is 2.13. The maximum absolute atomic E-state index is 13.3. The second-order valence-corrected chi connectivity index (χ2v) is 7.89. The second-order valence-electron chi connectivity index (χ2n) is 6.24. The highest BCUT2D eigenvalue weighted by Crippen LogP contribution is 2.35. The zero-order chi connectivity index (χ0) is 22.0. The minimum atomic E-state index is -0.515. The van der Waals surface area contributed by atoms with E-state index in [2.05, 4.69) is 15.9 Å².